The predicted octanol–water partition coefficient (Wildman–Crippen LogP) is 5.17. The Hall–Kier alpha value is -2.64. The Morgan fingerprint density at radius 2 is 1.76 bits per heavy atom. The van der Waals surface area contributed by atoms with Crippen LogP contribution in [-0.2, 0) is 25.3 Å². The molecule has 0 radical (unpaired) electrons. The summed E-state index contributed by atoms with van der Waals surface area (Å²) in [6.07, 6.45) is 4.69. The van der Waals surface area contributed by atoms with Crippen LogP contribution in [0.1, 0.15) is 93.0 Å². The maximum atomic E-state index is 12.3. The lowest BCUT2D eigenvalue weighted by Gasteiger charge is -2.32. The number of aldehydes is 1. The predicted molar refractivity (Wildman–Crippen MR) is 142 cm³/mol. The molecule has 0 bridgehead atoms. The van der Waals surface area contributed by atoms with Gasteiger partial charge in [0.15, 0.2) is 0 Å². The third-order valence-electron chi connectivity index (χ3n) is 8.78. The number of benzene rings is 2. The number of carbonyl (C=O) groups excluding carboxylic acids is 2. The second-order valence-electron chi connectivity index (χ2n) is 11.8. The number of hydrogen-bond acceptors (Lipinski definition) is 6. The van der Waals surface area contributed by atoms with Crippen molar-refractivity contribution < 1.29 is 28.4 Å². The van der Waals surface area contributed by atoms with Crippen molar-refractivity contribution in [2.45, 2.75) is 83.5 Å². The molecule has 2 aromatic carbocycles. The summed E-state index contributed by atoms with van der Waals surface area (Å²) in [5.41, 5.74) is 3.59. The molecule has 0 aromatic heterocycles. The first kappa shape index (κ1) is 26.0. The maximum absolute atomic E-state index is 12.3. The van der Waals surface area contributed by atoms with Gasteiger partial charge in [-0.05, 0) is 99.5 Å². The minimum atomic E-state index is -0.592. The molecule has 1 unspecified atom stereocenters. The van der Waals surface area contributed by atoms with Crippen LogP contribution in [0.4, 0.5) is 0 Å². The number of hydrogen-bond donors (Lipinski definition) is 0. The van der Waals surface area contributed by atoms with Gasteiger partial charge >= 0.3 is 13.1 Å². The van der Waals surface area contributed by atoms with Gasteiger partial charge < -0.3 is 18.8 Å². The van der Waals surface area contributed by atoms with E-state index < -0.39 is 18.3 Å². The van der Waals surface area contributed by atoms with Gasteiger partial charge in [-0.25, -0.2) is 0 Å². The highest BCUT2D eigenvalue weighted by atomic mass is 16.7. The number of rotatable bonds is 7. The normalized spacial score (nSPS) is 23.5. The van der Waals surface area contributed by atoms with E-state index in [0.29, 0.717) is 11.5 Å². The average molecular weight is 504 g/mol. The highest BCUT2D eigenvalue weighted by Gasteiger charge is 2.52. The Labute approximate surface area is 220 Å². The smallest absolute Gasteiger partial charge is 0.485 e. The molecule has 2 aliphatic heterocycles. The largest absolute Gasteiger partial charge is 0.495 e. The molecule has 2 aromatic rings. The van der Waals surface area contributed by atoms with Gasteiger partial charge in [-0.15, -0.1) is 0 Å². The van der Waals surface area contributed by atoms with Crippen molar-refractivity contribution in [3.63, 3.8) is 0 Å². The first-order valence-electron chi connectivity index (χ1n) is 13.4. The van der Waals surface area contributed by atoms with Crippen LogP contribution in [0.25, 0.3) is 0 Å². The SMILES string of the molecule is COC(=O)[C@@H](C)[C@H](c1ccc2c(c1)OC(c1ccc(B3OC(C)(C)C(C)(C)O3)c(C=O)c1)CC2)C1CC1. The number of methoxy groups -OCH3 is 1. The summed E-state index contributed by atoms with van der Waals surface area (Å²) in [6.45, 7) is 9.97. The Kier molecular flexibility index (Phi) is 6.74. The molecule has 1 saturated heterocycles. The first-order valence-corrected chi connectivity index (χ1v) is 13.4. The molecule has 0 N–H and O–H groups in total. The number of fused-ring (bicyclic) bond motifs is 1. The zero-order valence-corrected chi connectivity index (χ0v) is 22.7. The van der Waals surface area contributed by atoms with E-state index in [1.54, 1.807) is 0 Å². The van der Waals surface area contributed by atoms with Crippen molar-refractivity contribution in [2.75, 3.05) is 7.11 Å². The fourth-order valence-corrected chi connectivity index (χ4v) is 5.67. The first-order chi connectivity index (χ1) is 17.5. The third-order valence-corrected chi connectivity index (χ3v) is 8.78. The Morgan fingerprint density at radius 3 is 2.38 bits per heavy atom. The van der Waals surface area contributed by atoms with Gasteiger partial charge in [0.25, 0.3) is 0 Å². The van der Waals surface area contributed by atoms with Crippen molar-refractivity contribution in [1.82, 2.24) is 0 Å². The maximum Gasteiger partial charge on any atom is 0.495 e. The van der Waals surface area contributed by atoms with Crippen LogP contribution in [0.3, 0.4) is 0 Å². The fraction of sp³-hybridized carbons (Fsp3) is 0.533. The van der Waals surface area contributed by atoms with E-state index in [0.717, 1.165) is 54.3 Å². The Bertz CT molecular complexity index is 1180. The summed E-state index contributed by atoms with van der Waals surface area (Å²) in [4.78, 5) is 24.4. The lowest BCUT2D eigenvalue weighted by Crippen LogP contribution is -2.41. The van der Waals surface area contributed by atoms with Crippen LogP contribution < -0.4 is 10.2 Å². The van der Waals surface area contributed by atoms with Crippen LogP contribution in [0.15, 0.2) is 36.4 Å². The fourth-order valence-electron chi connectivity index (χ4n) is 5.67. The summed E-state index contributed by atoms with van der Waals surface area (Å²) in [5, 5.41) is 0. The van der Waals surface area contributed by atoms with Gasteiger partial charge in [-0.1, -0.05) is 31.2 Å². The highest BCUT2D eigenvalue weighted by Crippen LogP contribution is 2.48. The van der Waals surface area contributed by atoms with Gasteiger partial charge in [-0.2, -0.15) is 0 Å². The van der Waals surface area contributed by atoms with E-state index in [-0.39, 0.29) is 23.9 Å². The van der Waals surface area contributed by atoms with E-state index in [1.807, 2.05) is 52.8 Å². The summed E-state index contributed by atoms with van der Waals surface area (Å²) in [6, 6.07) is 12.2. The molecule has 1 saturated carbocycles. The monoisotopic (exact) mass is 504 g/mol. The van der Waals surface area contributed by atoms with E-state index in [4.69, 9.17) is 18.8 Å². The second kappa shape index (κ2) is 9.59. The Morgan fingerprint density at radius 1 is 1.05 bits per heavy atom. The van der Waals surface area contributed by atoms with Gasteiger partial charge in [0.1, 0.15) is 18.1 Å². The molecule has 3 aliphatic rings. The van der Waals surface area contributed by atoms with E-state index in [9.17, 15) is 9.59 Å². The molecular formula is C30H37BO6. The number of aryl methyl sites for hydroxylation is 1. The summed E-state index contributed by atoms with van der Waals surface area (Å²) >= 11 is 0. The molecule has 3 atom stereocenters. The molecule has 0 amide bonds. The number of carbonyl (C=O) groups is 2. The zero-order chi connectivity index (χ0) is 26.5. The molecule has 1 aliphatic carbocycles. The van der Waals surface area contributed by atoms with Gasteiger partial charge in [0, 0.05) is 5.56 Å². The molecule has 196 valence electrons. The van der Waals surface area contributed by atoms with Crippen LogP contribution in [0.2, 0.25) is 0 Å². The van der Waals surface area contributed by atoms with Crippen molar-refractivity contribution in [1.29, 1.82) is 0 Å². The van der Waals surface area contributed by atoms with Crippen LogP contribution in [0.5, 0.6) is 5.75 Å². The molecule has 7 heteroatoms. The molecular weight excluding hydrogens is 467 g/mol. The standard InChI is InChI=1S/C30H37BO6/c1-18(28(33)34-6)27(20-8-9-20)22-10-7-19-12-14-25(35-26(19)16-22)21-11-13-24(23(15-21)17-32)31-36-29(2,3)30(4,5)37-31/h7,10-11,13,15-18,20,25,27H,8-9,12,14H2,1-6H3/t18-,25?,27-/m0/s1. The summed E-state index contributed by atoms with van der Waals surface area (Å²) in [5.74, 6) is 1.12. The van der Waals surface area contributed by atoms with E-state index in [2.05, 4.69) is 18.2 Å². The topological polar surface area (TPSA) is 71.1 Å². The minimum Gasteiger partial charge on any atom is -0.485 e. The number of esters is 1. The minimum absolute atomic E-state index is 0.127. The van der Waals surface area contributed by atoms with E-state index >= 15 is 0 Å². The highest BCUT2D eigenvalue weighted by molar-refractivity contribution is 6.63. The third kappa shape index (κ3) is 4.84. The molecule has 5 rings (SSSR count). The van der Waals surface area contributed by atoms with Crippen molar-refractivity contribution in [2.24, 2.45) is 11.8 Å². The average Bonchev–Trinajstić information content (AvgIpc) is 3.68. The van der Waals surface area contributed by atoms with Crippen LogP contribution in [0, 0.1) is 11.8 Å². The molecule has 2 fully saturated rings. The van der Waals surface area contributed by atoms with Crippen LogP contribution >= 0.6 is 0 Å². The molecule has 0 spiro atoms. The van der Waals surface area contributed by atoms with Crippen molar-refractivity contribution >= 4 is 24.8 Å². The molecule has 2 heterocycles. The second-order valence-corrected chi connectivity index (χ2v) is 11.8. The van der Waals surface area contributed by atoms with Crippen LogP contribution in [-0.4, -0.2) is 37.7 Å². The molecule has 37 heavy (non-hydrogen) atoms. The number of ether oxygens (including phenoxy) is 2. The Balaban J connectivity index is 1.38. The van der Waals surface area contributed by atoms with Gasteiger partial charge in [0.2, 0.25) is 0 Å². The lowest BCUT2D eigenvalue weighted by molar-refractivity contribution is -0.145. The lowest BCUT2D eigenvalue weighted by atomic mass is 9.75. The summed E-state index contributed by atoms with van der Waals surface area (Å²) in [7, 11) is 0.862. The van der Waals surface area contributed by atoms with Crippen molar-refractivity contribution in [3.8, 4) is 5.75 Å². The quantitative estimate of drug-likeness (QED) is 0.295. The van der Waals surface area contributed by atoms with Gasteiger partial charge in [0.05, 0.1) is 24.2 Å². The van der Waals surface area contributed by atoms with Crippen molar-refractivity contribution in [3.05, 3.63) is 58.7 Å². The van der Waals surface area contributed by atoms with Gasteiger partial charge in [-0.3, -0.25) is 9.59 Å². The van der Waals surface area contributed by atoms with E-state index in [1.165, 1.54) is 12.7 Å². The summed E-state index contributed by atoms with van der Waals surface area (Å²) < 4.78 is 23.9. The zero-order valence-electron chi connectivity index (χ0n) is 22.7. The molecule has 6 nitrogen and oxygen atoms in total.